The van der Waals surface area contributed by atoms with E-state index in [4.69, 9.17) is 11.6 Å². The predicted octanol–water partition coefficient (Wildman–Crippen LogP) is 4.42. The summed E-state index contributed by atoms with van der Waals surface area (Å²) in [5.41, 5.74) is 5.64. The molecular formula is C23H21ClN4O2. The first kappa shape index (κ1) is 21.1. The second kappa shape index (κ2) is 9.71. The van der Waals surface area contributed by atoms with Crippen LogP contribution < -0.4 is 15.6 Å². The number of amides is 2. The molecule has 7 heteroatoms. The SMILES string of the molecule is CN(C)c1ccc(C=NNC(=O)c2cccc(NC(=O)c3ccccc3Cl)c2)cc1. The largest absolute Gasteiger partial charge is 0.378 e. The number of hydrazone groups is 1. The first-order valence-corrected chi connectivity index (χ1v) is 9.58. The first-order valence-electron chi connectivity index (χ1n) is 9.21. The van der Waals surface area contributed by atoms with Crippen LogP contribution in [0.5, 0.6) is 0 Å². The molecule has 3 aromatic carbocycles. The zero-order chi connectivity index (χ0) is 21.5. The molecule has 0 bridgehead atoms. The lowest BCUT2D eigenvalue weighted by molar-refractivity contribution is 0.0953. The van der Waals surface area contributed by atoms with Crippen LogP contribution >= 0.6 is 11.6 Å². The van der Waals surface area contributed by atoms with E-state index in [0.717, 1.165) is 11.3 Å². The van der Waals surface area contributed by atoms with Crippen molar-refractivity contribution in [2.45, 2.75) is 0 Å². The Morgan fingerprint density at radius 1 is 0.933 bits per heavy atom. The van der Waals surface area contributed by atoms with Crippen LogP contribution in [0.2, 0.25) is 5.02 Å². The Kier molecular flexibility index (Phi) is 6.83. The smallest absolute Gasteiger partial charge is 0.271 e. The van der Waals surface area contributed by atoms with E-state index in [1.54, 1.807) is 54.7 Å². The van der Waals surface area contributed by atoms with Crippen molar-refractivity contribution < 1.29 is 9.59 Å². The highest BCUT2D eigenvalue weighted by atomic mass is 35.5. The fourth-order valence-electron chi connectivity index (χ4n) is 2.67. The zero-order valence-electron chi connectivity index (χ0n) is 16.6. The normalized spacial score (nSPS) is 10.6. The summed E-state index contributed by atoms with van der Waals surface area (Å²) in [5, 5.41) is 7.10. The third kappa shape index (κ3) is 5.46. The molecule has 0 unspecified atom stereocenters. The van der Waals surface area contributed by atoms with E-state index in [-0.39, 0.29) is 11.8 Å². The van der Waals surface area contributed by atoms with Gasteiger partial charge in [-0.05, 0) is 48.0 Å². The lowest BCUT2D eigenvalue weighted by atomic mass is 10.1. The van der Waals surface area contributed by atoms with Crippen molar-refractivity contribution in [3.63, 3.8) is 0 Å². The van der Waals surface area contributed by atoms with Crippen molar-refractivity contribution in [1.82, 2.24) is 5.43 Å². The zero-order valence-corrected chi connectivity index (χ0v) is 17.4. The average Bonchev–Trinajstić information content (AvgIpc) is 2.74. The van der Waals surface area contributed by atoms with E-state index in [2.05, 4.69) is 15.8 Å². The topological polar surface area (TPSA) is 73.8 Å². The summed E-state index contributed by atoms with van der Waals surface area (Å²) in [6.07, 6.45) is 1.57. The van der Waals surface area contributed by atoms with Gasteiger partial charge in [0.1, 0.15) is 0 Å². The summed E-state index contributed by atoms with van der Waals surface area (Å²) in [4.78, 5) is 26.8. The number of benzene rings is 3. The van der Waals surface area contributed by atoms with Crippen molar-refractivity contribution >= 4 is 41.0 Å². The summed E-state index contributed by atoms with van der Waals surface area (Å²) >= 11 is 6.06. The molecule has 0 aromatic heterocycles. The summed E-state index contributed by atoms with van der Waals surface area (Å²) < 4.78 is 0. The minimum absolute atomic E-state index is 0.350. The van der Waals surface area contributed by atoms with Crippen molar-refractivity contribution in [2.75, 3.05) is 24.3 Å². The molecule has 0 heterocycles. The number of halogens is 1. The highest BCUT2D eigenvalue weighted by Gasteiger charge is 2.11. The van der Waals surface area contributed by atoms with Crippen LogP contribution in [-0.4, -0.2) is 32.1 Å². The summed E-state index contributed by atoms with van der Waals surface area (Å²) in [6.45, 7) is 0. The molecule has 152 valence electrons. The molecule has 0 aliphatic rings. The molecule has 0 aliphatic heterocycles. The van der Waals surface area contributed by atoms with E-state index >= 15 is 0 Å². The number of hydrogen-bond acceptors (Lipinski definition) is 4. The number of rotatable bonds is 6. The highest BCUT2D eigenvalue weighted by molar-refractivity contribution is 6.34. The Balaban J connectivity index is 1.63. The van der Waals surface area contributed by atoms with Gasteiger partial charge in [-0.3, -0.25) is 9.59 Å². The minimum atomic E-state index is -0.384. The number of hydrogen-bond donors (Lipinski definition) is 2. The lowest BCUT2D eigenvalue weighted by Crippen LogP contribution is -2.18. The van der Waals surface area contributed by atoms with Gasteiger partial charge in [0.25, 0.3) is 11.8 Å². The van der Waals surface area contributed by atoms with Crippen LogP contribution in [0.15, 0.2) is 77.9 Å². The Morgan fingerprint density at radius 3 is 2.37 bits per heavy atom. The van der Waals surface area contributed by atoms with E-state index in [1.165, 1.54) is 0 Å². The summed E-state index contributed by atoms with van der Waals surface area (Å²) in [7, 11) is 3.93. The molecule has 0 spiro atoms. The molecule has 0 fully saturated rings. The molecule has 0 saturated heterocycles. The van der Waals surface area contributed by atoms with Gasteiger partial charge in [-0.25, -0.2) is 5.43 Å². The molecule has 3 rings (SSSR count). The number of anilines is 2. The third-order valence-corrected chi connectivity index (χ3v) is 4.62. The molecule has 0 aliphatic carbocycles. The molecule has 0 saturated carbocycles. The van der Waals surface area contributed by atoms with Crippen LogP contribution in [0, 0.1) is 0 Å². The van der Waals surface area contributed by atoms with Gasteiger partial charge < -0.3 is 10.2 Å². The number of nitrogens with one attached hydrogen (secondary N) is 2. The van der Waals surface area contributed by atoms with Gasteiger partial charge in [0.05, 0.1) is 16.8 Å². The molecule has 2 amide bonds. The third-order valence-electron chi connectivity index (χ3n) is 4.29. The van der Waals surface area contributed by atoms with Gasteiger partial charge in [0.2, 0.25) is 0 Å². The molecule has 3 aromatic rings. The fraction of sp³-hybridized carbons (Fsp3) is 0.0870. The summed E-state index contributed by atoms with van der Waals surface area (Å²) in [5.74, 6) is -0.734. The standard InChI is InChI=1S/C23H21ClN4O2/c1-28(2)19-12-10-16(11-13-19)15-25-27-22(29)17-6-5-7-18(14-17)26-23(30)20-8-3-4-9-21(20)24/h3-15H,1-2H3,(H,26,30)(H,27,29). The van der Waals surface area contributed by atoms with E-state index < -0.39 is 0 Å². The summed E-state index contributed by atoms with van der Waals surface area (Å²) in [6, 6.07) is 21.1. The second-order valence-electron chi connectivity index (χ2n) is 6.70. The van der Waals surface area contributed by atoms with Gasteiger partial charge in [0.15, 0.2) is 0 Å². The molecule has 0 atom stereocenters. The highest BCUT2D eigenvalue weighted by Crippen LogP contribution is 2.18. The van der Waals surface area contributed by atoms with Gasteiger partial charge in [0, 0.05) is 31.0 Å². The van der Waals surface area contributed by atoms with Crippen molar-refractivity contribution in [3.8, 4) is 0 Å². The van der Waals surface area contributed by atoms with E-state index in [9.17, 15) is 9.59 Å². The van der Waals surface area contributed by atoms with Crippen LogP contribution in [-0.2, 0) is 0 Å². The monoisotopic (exact) mass is 420 g/mol. The van der Waals surface area contributed by atoms with Gasteiger partial charge in [-0.15, -0.1) is 0 Å². The first-order chi connectivity index (χ1) is 14.4. The maximum atomic E-state index is 12.4. The van der Waals surface area contributed by atoms with E-state index in [0.29, 0.717) is 21.8 Å². The number of nitrogens with zero attached hydrogens (tertiary/aromatic N) is 2. The van der Waals surface area contributed by atoms with Crippen LogP contribution in [0.4, 0.5) is 11.4 Å². The Bertz CT molecular complexity index is 1080. The van der Waals surface area contributed by atoms with Gasteiger partial charge in [-0.1, -0.05) is 41.9 Å². The predicted molar refractivity (Wildman–Crippen MR) is 122 cm³/mol. The Morgan fingerprint density at radius 2 is 1.67 bits per heavy atom. The number of carbonyl (C=O) groups excluding carboxylic acids is 2. The van der Waals surface area contributed by atoms with Crippen molar-refractivity contribution in [3.05, 3.63) is 94.5 Å². The molecule has 6 nitrogen and oxygen atoms in total. The average molecular weight is 421 g/mol. The van der Waals surface area contributed by atoms with Crippen LogP contribution in [0.25, 0.3) is 0 Å². The van der Waals surface area contributed by atoms with Crippen LogP contribution in [0.3, 0.4) is 0 Å². The minimum Gasteiger partial charge on any atom is -0.378 e. The van der Waals surface area contributed by atoms with Crippen molar-refractivity contribution in [2.24, 2.45) is 5.10 Å². The maximum absolute atomic E-state index is 12.4. The van der Waals surface area contributed by atoms with Gasteiger partial charge >= 0.3 is 0 Å². The fourth-order valence-corrected chi connectivity index (χ4v) is 2.89. The lowest BCUT2D eigenvalue weighted by Gasteiger charge is -2.11. The van der Waals surface area contributed by atoms with Crippen molar-refractivity contribution in [1.29, 1.82) is 0 Å². The maximum Gasteiger partial charge on any atom is 0.271 e. The Hall–Kier alpha value is -3.64. The van der Waals surface area contributed by atoms with Gasteiger partial charge in [-0.2, -0.15) is 5.10 Å². The molecule has 0 radical (unpaired) electrons. The second-order valence-corrected chi connectivity index (χ2v) is 7.11. The molecule has 2 N–H and O–H groups in total. The molecule has 30 heavy (non-hydrogen) atoms. The van der Waals surface area contributed by atoms with Crippen LogP contribution in [0.1, 0.15) is 26.3 Å². The number of carbonyl (C=O) groups is 2. The molecular weight excluding hydrogens is 400 g/mol. The Labute approximate surface area is 180 Å². The van der Waals surface area contributed by atoms with E-state index in [1.807, 2.05) is 43.3 Å². The quantitative estimate of drug-likeness (QED) is 0.458.